The predicted molar refractivity (Wildman–Crippen MR) is 73.8 cm³/mol. The van der Waals surface area contributed by atoms with Crippen LogP contribution < -0.4 is 5.32 Å². The highest BCUT2D eigenvalue weighted by molar-refractivity contribution is 7.09. The van der Waals surface area contributed by atoms with E-state index in [0.29, 0.717) is 16.6 Å². The summed E-state index contributed by atoms with van der Waals surface area (Å²) in [7, 11) is 0. The third-order valence-corrected chi connectivity index (χ3v) is 4.27. The molecule has 5 heteroatoms. The fourth-order valence-electron chi connectivity index (χ4n) is 1.48. The van der Waals surface area contributed by atoms with Gasteiger partial charge in [-0.25, -0.2) is 4.98 Å². The van der Waals surface area contributed by atoms with Gasteiger partial charge in [-0.1, -0.05) is 35.3 Å². The second kappa shape index (κ2) is 5.83. The highest BCUT2D eigenvalue weighted by atomic mass is 35.5. The quantitative estimate of drug-likeness (QED) is 0.906. The molecular formula is C12H12Cl2N2S. The molecule has 0 radical (unpaired) electrons. The Morgan fingerprint density at radius 1 is 1.41 bits per heavy atom. The smallest absolute Gasteiger partial charge is 0.109 e. The van der Waals surface area contributed by atoms with Crippen LogP contribution in [0.4, 0.5) is 0 Å². The number of thiazole rings is 1. The molecule has 1 aromatic carbocycles. The lowest BCUT2D eigenvalue weighted by Gasteiger charge is -2.12. The summed E-state index contributed by atoms with van der Waals surface area (Å²) in [6, 6.07) is 5.87. The average Bonchev–Trinajstić information content (AvgIpc) is 2.84. The van der Waals surface area contributed by atoms with Gasteiger partial charge in [-0.2, -0.15) is 0 Å². The van der Waals surface area contributed by atoms with Crippen molar-refractivity contribution in [2.45, 2.75) is 19.5 Å². The van der Waals surface area contributed by atoms with Crippen LogP contribution in [0.3, 0.4) is 0 Å². The molecule has 0 aliphatic carbocycles. The van der Waals surface area contributed by atoms with Gasteiger partial charge >= 0.3 is 0 Å². The van der Waals surface area contributed by atoms with E-state index in [1.54, 1.807) is 17.4 Å². The molecule has 0 spiro atoms. The molecule has 1 N–H and O–H groups in total. The van der Waals surface area contributed by atoms with Gasteiger partial charge in [0.1, 0.15) is 5.01 Å². The molecular weight excluding hydrogens is 275 g/mol. The molecule has 0 aliphatic heterocycles. The van der Waals surface area contributed by atoms with Gasteiger partial charge in [0.15, 0.2) is 0 Å². The van der Waals surface area contributed by atoms with E-state index in [0.717, 1.165) is 10.6 Å². The first kappa shape index (κ1) is 12.8. The third kappa shape index (κ3) is 3.19. The van der Waals surface area contributed by atoms with Gasteiger partial charge in [-0.05, 0) is 18.6 Å². The predicted octanol–water partition coefficient (Wildman–Crippen LogP) is 4.30. The molecule has 2 nitrogen and oxygen atoms in total. The Bertz CT molecular complexity index is 485. The lowest BCUT2D eigenvalue weighted by Crippen LogP contribution is -2.18. The Hall–Kier alpha value is -0.610. The van der Waals surface area contributed by atoms with E-state index in [1.807, 2.05) is 23.7 Å². The standard InChI is InChI=1S/C12H12Cl2N2S/c1-8(12-15-5-6-17-12)16-7-9-3-2-4-10(13)11(9)14/h2-6,8,16H,7H2,1H3. The highest BCUT2D eigenvalue weighted by Crippen LogP contribution is 2.26. The van der Waals surface area contributed by atoms with E-state index in [2.05, 4.69) is 17.2 Å². The summed E-state index contributed by atoms with van der Waals surface area (Å²) >= 11 is 13.7. The number of nitrogens with zero attached hydrogens (tertiary/aromatic N) is 1. The van der Waals surface area contributed by atoms with Gasteiger partial charge in [0, 0.05) is 18.1 Å². The Morgan fingerprint density at radius 2 is 2.24 bits per heavy atom. The van der Waals surface area contributed by atoms with Gasteiger partial charge in [-0.3, -0.25) is 0 Å². The molecule has 2 aromatic rings. The molecule has 90 valence electrons. The first-order valence-corrected chi connectivity index (χ1v) is 6.87. The number of aromatic nitrogens is 1. The lowest BCUT2D eigenvalue weighted by atomic mass is 10.2. The SMILES string of the molecule is CC(NCc1cccc(Cl)c1Cl)c1nccs1. The summed E-state index contributed by atoms with van der Waals surface area (Å²) in [6.07, 6.45) is 1.81. The summed E-state index contributed by atoms with van der Waals surface area (Å²) in [5.74, 6) is 0. The first-order chi connectivity index (χ1) is 8.18. The van der Waals surface area contributed by atoms with Crippen molar-refractivity contribution in [1.29, 1.82) is 0 Å². The van der Waals surface area contributed by atoms with Crippen LogP contribution in [-0.4, -0.2) is 4.98 Å². The van der Waals surface area contributed by atoms with E-state index in [-0.39, 0.29) is 6.04 Å². The van der Waals surface area contributed by atoms with Gasteiger partial charge in [-0.15, -0.1) is 11.3 Å². The average molecular weight is 287 g/mol. The van der Waals surface area contributed by atoms with Crippen LogP contribution in [0.15, 0.2) is 29.8 Å². The topological polar surface area (TPSA) is 24.9 Å². The molecule has 0 fully saturated rings. The fourth-order valence-corrected chi connectivity index (χ4v) is 2.54. The minimum absolute atomic E-state index is 0.213. The maximum absolute atomic E-state index is 6.12. The molecule has 0 saturated carbocycles. The normalized spacial score (nSPS) is 12.6. The second-order valence-electron chi connectivity index (χ2n) is 3.69. The maximum atomic E-state index is 6.12. The Balaban J connectivity index is 2.00. The van der Waals surface area contributed by atoms with Crippen molar-refractivity contribution in [3.63, 3.8) is 0 Å². The maximum Gasteiger partial charge on any atom is 0.109 e. The number of benzene rings is 1. The molecule has 0 amide bonds. The van der Waals surface area contributed by atoms with Crippen LogP contribution in [0, 0.1) is 0 Å². The lowest BCUT2D eigenvalue weighted by molar-refractivity contribution is 0.572. The summed E-state index contributed by atoms with van der Waals surface area (Å²) < 4.78 is 0. The van der Waals surface area contributed by atoms with Crippen molar-refractivity contribution in [2.75, 3.05) is 0 Å². The summed E-state index contributed by atoms with van der Waals surface area (Å²) in [4.78, 5) is 4.27. The number of hydrogen-bond acceptors (Lipinski definition) is 3. The molecule has 1 heterocycles. The van der Waals surface area contributed by atoms with E-state index in [1.165, 1.54) is 0 Å². The zero-order chi connectivity index (χ0) is 12.3. The van der Waals surface area contributed by atoms with Gasteiger partial charge in [0.05, 0.1) is 16.1 Å². The van der Waals surface area contributed by atoms with Crippen molar-refractivity contribution in [3.05, 3.63) is 50.4 Å². The van der Waals surface area contributed by atoms with E-state index >= 15 is 0 Å². The molecule has 1 unspecified atom stereocenters. The Labute approximate surface area is 115 Å². The first-order valence-electron chi connectivity index (χ1n) is 5.24. The van der Waals surface area contributed by atoms with Crippen molar-refractivity contribution >= 4 is 34.5 Å². The van der Waals surface area contributed by atoms with Crippen molar-refractivity contribution in [1.82, 2.24) is 10.3 Å². The molecule has 0 saturated heterocycles. The van der Waals surface area contributed by atoms with Gasteiger partial charge in [0.2, 0.25) is 0 Å². The Kier molecular flexibility index (Phi) is 4.40. The molecule has 1 aromatic heterocycles. The number of rotatable bonds is 4. The zero-order valence-electron chi connectivity index (χ0n) is 9.28. The second-order valence-corrected chi connectivity index (χ2v) is 5.40. The summed E-state index contributed by atoms with van der Waals surface area (Å²) in [5, 5.41) is 7.63. The van der Waals surface area contributed by atoms with Crippen molar-refractivity contribution in [2.24, 2.45) is 0 Å². The minimum Gasteiger partial charge on any atom is -0.304 e. The van der Waals surface area contributed by atoms with E-state index < -0.39 is 0 Å². The van der Waals surface area contributed by atoms with E-state index in [9.17, 15) is 0 Å². The number of hydrogen-bond donors (Lipinski definition) is 1. The third-order valence-electron chi connectivity index (χ3n) is 2.45. The van der Waals surface area contributed by atoms with Crippen LogP contribution in [0.2, 0.25) is 10.0 Å². The van der Waals surface area contributed by atoms with Crippen LogP contribution in [0.5, 0.6) is 0 Å². The minimum atomic E-state index is 0.213. The molecule has 0 aliphatic rings. The van der Waals surface area contributed by atoms with Crippen LogP contribution in [0.1, 0.15) is 23.5 Å². The van der Waals surface area contributed by atoms with Crippen LogP contribution >= 0.6 is 34.5 Å². The molecule has 0 bridgehead atoms. The number of halogens is 2. The Morgan fingerprint density at radius 3 is 2.94 bits per heavy atom. The molecule has 1 atom stereocenters. The molecule has 2 rings (SSSR count). The van der Waals surface area contributed by atoms with E-state index in [4.69, 9.17) is 23.2 Å². The fraction of sp³-hybridized carbons (Fsp3) is 0.250. The zero-order valence-corrected chi connectivity index (χ0v) is 11.6. The van der Waals surface area contributed by atoms with Crippen molar-refractivity contribution < 1.29 is 0 Å². The highest BCUT2D eigenvalue weighted by Gasteiger charge is 2.09. The molecule has 17 heavy (non-hydrogen) atoms. The van der Waals surface area contributed by atoms with Crippen LogP contribution in [-0.2, 0) is 6.54 Å². The van der Waals surface area contributed by atoms with Gasteiger partial charge in [0.25, 0.3) is 0 Å². The van der Waals surface area contributed by atoms with Gasteiger partial charge < -0.3 is 5.32 Å². The number of nitrogens with one attached hydrogen (secondary N) is 1. The van der Waals surface area contributed by atoms with Crippen molar-refractivity contribution in [3.8, 4) is 0 Å². The monoisotopic (exact) mass is 286 g/mol. The van der Waals surface area contributed by atoms with Crippen LogP contribution in [0.25, 0.3) is 0 Å². The summed E-state index contributed by atoms with van der Waals surface area (Å²) in [6.45, 7) is 2.76. The largest absolute Gasteiger partial charge is 0.304 e. The summed E-state index contributed by atoms with van der Waals surface area (Å²) in [5.41, 5.74) is 1.00.